The summed E-state index contributed by atoms with van der Waals surface area (Å²) in [4.78, 5) is 26.8. The van der Waals surface area contributed by atoms with Crippen molar-refractivity contribution in [3.63, 3.8) is 0 Å². The second-order valence-electron chi connectivity index (χ2n) is 6.53. The molecule has 0 bridgehead atoms. The number of carbonyl (C=O) groups excluding carboxylic acids is 1. The number of aryl methyl sites for hydroxylation is 3. The Labute approximate surface area is 139 Å². The summed E-state index contributed by atoms with van der Waals surface area (Å²) in [5, 5.41) is 4.44. The molecule has 0 radical (unpaired) electrons. The number of aromatic amines is 1. The number of aromatic nitrogens is 5. The Morgan fingerprint density at radius 1 is 1.29 bits per heavy atom. The number of fused-ring (bicyclic) bond motifs is 1. The molecule has 0 spiro atoms. The topological polar surface area (TPSA) is 79.2 Å². The molecule has 1 aliphatic heterocycles. The van der Waals surface area contributed by atoms with Crippen molar-refractivity contribution in [1.29, 1.82) is 0 Å². The second kappa shape index (κ2) is 5.43. The summed E-state index contributed by atoms with van der Waals surface area (Å²) in [6, 6.07) is 3.73. The van der Waals surface area contributed by atoms with Crippen LogP contribution < -0.4 is 0 Å². The van der Waals surface area contributed by atoms with Crippen molar-refractivity contribution < 1.29 is 4.79 Å². The number of imidazole rings is 1. The normalized spacial score (nSPS) is 17.8. The zero-order valence-electron chi connectivity index (χ0n) is 14.1. The van der Waals surface area contributed by atoms with Gasteiger partial charge in [0.05, 0.1) is 0 Å². The molecule has 1 fully saturated rings. The van der Waals surface area contributed by atoms with E-state index in [0.29, 0.717) is 17.9 Å². The smallest absolute Gasteiger partial charge is 0.274 e. The van der Waals surface area contributed by atoms with Crippen molar-refractivity contribution in [2.45, 2.75) is 33.1 Å². The van der Waals surface area contributed by atoms with Crippen LogP contribution in [-0.4, -0.2) is 48.5 Å². The van der Waals surface area contributed by atoms with E-state index in [1.165, 1.54) is 0 Å². The molecule has 1 amide bonds. The third-order valence-electron chi connectivity index (χ3n) is 4.54. The van der Waals surface area contributed by atoms with Crippen molar-refractivity contribution in [1.82, 2.24) is 29.5 Å². The fourth-order valence-corrected chi connectivity index (χ4v) is 3.36. The molecule has 0 unspecified atom stereocenters. The van der Waals surface area contributed by atoms with Crippen molar-refractivity contribution in [2.75, 3.05) is 13.1 Å². The lowest BCUT2D eigenvalue weighted by Gasteiger charge is -2.14. The zero-order chi connectivity index (χ0) is 16.8. The van der Waals surface area contributed by atoms with E-state index in [0.717, 1.165) is 35.9 Å². The van der Waals surface area contributed by atoms with Crippen LogP contribution in [0.15, 0.2) is 18.3 Å². The molecule has 1 aliphatic rings. The van der Waals surface area contributed by atoms with E-state index in [9.17, 15) is 4.79 Å². The largest absolute Gasteiger partial charge is 0.346 e. The summed E-state index contributed by atoms with van der Waals surface area (Å²) >= 11 is 0. The fraction of sp³-hybridized carbons (Fsp3) is 0.412. The van der Waals surface area contributed by atoms with Crippen LogP contribution in [0.5, 0.6) is 0 Å². The lowest BCUT2D eigenvalue weighted by molar-refractivity contribution is 0.0784. The Morgan fingerprint density at radius 3 is 2.88 bits per heavy atom. The molecule has 7 heteroatoms. The summed E-state index contributed by atoms with van der Waals surface area (Å²) < 4.78 is 1.73. The number of carbonyl (C=O) groups is 1. The number of rotatable bonds is 2. The van der Waals surface area contributed by atoms with E-state index >= 15 is 0 Å². The molecule has 0 aliphatic carbocycles. The first-order chi connectivity index (χ1) is 11.5. The number of nitrogens with zero attached hydrogens (tertiary/aromatic N) is 5. The van der Waals surface area contributed by atoms with Gasteiger partial charge in [0.2, 0.25) is 0 Å². The molecule has 3 aromatic rings. The first kappa shape index (κ1) is 14.9. The molecule has 124 valence electrons. The zero-order valence-corrected chi connectivity index (χ0v) is 14.1. The molecule has 0 aromatic carbocycles. The average Bonchev–Trinajstić information content (AvgIpc) is 3.24. The molecule has 24 heavy (non-hydrogen) atoms. The lowest BCUT2D eigenvalue weighted by Crippen LogP contribution is -2.29. The number of hydrogen-bond acceptors (Lipinski definition) is 4. The van der Waals surface area contributed by atoms with Crippen molar-refractivity contribution in [3.8, 4) is 0 Å². The molecule has 1 saturated heterocycles. The van der Waals surface area contributed by atoms with Crippen LogP contribution in [-0.2, 0) is 0 Å². The third-order valence-corrected chi connectivity index (χ3v) is 4.54. The van der Waals surface area contributed by atoms with Crippen LogP contribution >= 0.6 is 0 Å². The monoisotopic (exact) mass is 324 g/mol. The predicted molar refractivity (Wildman–Crippen MR) is 89.0 cm³/mol. The minimum absolute atomic E-state index is 0.0386. The van der Waals surface area contributed by atoms with Gasteiger partial charge in [0.25, 0.3) is 5.91 Å². The van der Waals surface area contributed by atoms with E-state index in [1.54, 1.807) is 10.6 Å². The molecule has 1 N–H and O–H groups in total. The van der Waals surface area contributed by atoms with Crippen molar-refractivity contribution >= 4 is 11.6 Å². The highest BCUT2D eigenvalue weighted by Crippen LogP contribution is 2.26. The van der Waals surface area contributed by atoms with Gasteiger partial charge >= 0.3 is 0 Å². The first-order valence-electron chi connectivity index (χ1n) is 8.16. The fourth-order valence-electron chi connectivity index (χ4n) is 3.36. The van der Waals surface area contributed by atoms with Crippen LogP contribution in [0.25, 0.3) is 5.65 Å². The standard InChI is InChI=1S/C17H20N6O/c1-10-6-12(3)23-15(19-10)7-14(21-23)17(24)22-5-4-13(9-22)16-18-8-11(2)20-16/h6-8,13H,4-5,9H2,1-3H3,(H,18,20)/t13-/m0/s1. The van der Waals surface area contributed by atoms with Crippen molar-refractivity contribution in [2.24, 2.45) is 0 Å². The number of likely N-dealkylation sites (tertiary alicyclic amines) is 1. The summed E-state index contributed by atoms with van der Waals surface area (Å²) in [7, 11) is 0. The Balaban J connectivity index is 1.57. The highest BCUT2D eigenvalue weighted by Gasteiger charge is 2.30. The highest BCUT2D eigenvalue weighted by atomic mass is 16.2. The van der Waals surface area contributed by atoms with Gasteiger partial charge in [-0.2, -0.15) is 5.10 Å². The van der Waals surface area contributed by atoms with Crippen LogP contribution in [0.4, 0.5) is 0 Å². The van der Waals surface area contributed by atoms with E-state index in [4.69, 9.17) is 0 Å². The number of hydrogen-bond donors (Lipinski definition) is 1. The van der Waals surface area contributed by atoms with Gasteiger partial charge in [-0.15, -0.1) is 0 Å². The number of H-pyrrole nitrogens is 1. The van der Waals surface area contributed by atoms with Gasteiger partial charge < -0.3 is 9.88 Å². The second-order valence-corrected chi connectivity index (χ2v) is 6.53. The van der Waals surface area contributed by atoms with Gasteiger partial charge in [-0.05, 0) is 33.3 Å². The number of nitrogens with one attached hydrogen (secondary N) is 1. The molecular weight excluding hydrogens is 304 g/mol. The summed E-state index contributed by atoms with van der Waals surface area (Å²) in [6.07, 6.45) is 2.75. The predicted octanol–water partition coefficient (Wildman–Crippen LogP) is 2.01. The first-order valence-corrected chi connectivity index (χ1v) is 8.16. The highest BCUT2D eigenvalue weighted by molar-refractivity contribution is 5.93. The van der Waals surface area contributed by atoms with Crippen LogP contribution in [0.1, 0.15) is 45.7 Å². The lowest BCUT2D eigenvalue weighted by atomic mass is 10.1. The van der Waals surface area contributed by atoms with E-state index in [2.05, 4.69) is 20.1 Å². The third kappa shape index (κ3) is 2.46. The Bertz CT molecular complexity index is 924. The van der Waals surface area contributed by atoms with Gasteiger partial charge in [-0.1, -0.05) is 0 Å². The van der Waals surface area contributed by atoms with Crippen LogP contribution in [0, 0.1) is 20.8 Å². The van der Waals surface area contributed by atoms with Crippen molar-refractivity contribution in [3.05, 3.63) is 46.9 Å². The molecule has 4 rings (SSSR count). The minimum atomic E-state index is -0.0386. The molecule has 7 nitrogen and oxygen atoms in total. The van der Waals surface area contributed by atoms with Gasteiger partial charge in [-0.3, -0.25) is 4.79 Å². The van der Waals surface area contributed by atoms with Gasteiger partial charge in [-0.25, -0.2) is 14.5 Å². The maximum absolute atomic E-state index is 12.8. The van der Waals surface area contributed by atoms with E-state index < -0.39 is 0 Å². The van der Waals surface area contributed by atoms with Gasteiger partial charge in [0.15, 0.2) is 11.3 Å². The Morgan fingerprint density at radius 2 is 2.12 bits per heavy atom. The number of amides is 1. The molecule has 3 aromatic heterocycles. The Kier molecular flexibility index (Phi) is 3.37. The van der Waals surface area contributed by atoms with E-state index in [-0.39, 0.29) is 11.8 Å². The maximum Gasteiger partial charge on any atom is 0.274 e. The minimum Gasteiger partial charge on any atom is -0.346 e. The summed E-state index contributed by atoms with van der Waals surface area (Å²) in [6.45, 7) is 7.29. The van der Waals surface area contributed by atoms with Gasteiger partial charge in [0, 0.05) is 48.4 Å². The van der Waals surface area contributed by atoms with Gasteiger partial charge in [0.1, 0.15) is 5.82 Å². The Hall–Kier alpha value is -2.70. The quantitative estimate of drug-likeness (QED) is 0.782. The SMILES string of the molecule is Cc1cc(C)n2nc(C(=O)N3CC[C@H](c4ncc(C)[nH]4)C3)cc2n1. The maximum atomic E-state index is 12.8. The molecule has 0 saturated carbocycles. The summed E-state index contributed by atoms with van der Waals surface area (Å²) in [5.74, 6) is 1.19. The molecule has 1 atom stereocenters. The molecular formula is C17H20N6O. The van der Waals surface area contributed by atoms with Crippen LogP contribution in [0.3, 0.4) is 0 Å². The van der Waals surface area contributed by atoms with E-state index in [1.807, 2.05) is 37.9 Å². The molecule has 4 heterocycles. The van der Waals surface area contributed by atoms with Crippen LogP contribution in [0.2, 0.25) is 0 Å². The average molecular weight is 324 g/mol. The summed E-state index contributed by atoms with van der Waals surface area (Å²) in [5.41, 5.74) is 4.11.